The minimum Gasteiger partial charge on any atom is -0.396 e. The topological polar surface area (TPSA) is 23.5 Å². The average molecular weight is 267 g/mol. The van der Waals surface area contributed by atoms with Crippen molar-refractivity contribution in [3.8, 4) is 0 Å². The molecule has 2 nitrogen and oxygen atoms in total. The molecule has 0 aromatic carbocycles. The quantitative estimate of drug-likeness (QED) is 0.760. The summed E-state index contributed by atoms with van der Waals surface area (Å²) in [6.45, 7) is 9.76. The first-order valence-electron chi connectivity index (χ1n) is 8.39. The molecule has 0 amide bonds. The fourth-order valence-electron chi connectivity index (χ4n) is 3.79. The largest absolute Gasteiger partial charge is 0.396 e. The van der Waals surface area contributed by atoms with Crippen LogP contribution in [0.3, 0.4) is 0 Å². The Labute approximate surface area is 119 Å². The normalized spacial score (nSPS) is 32.2. The lowest BCUT2D eigenvalue weighted by Crippen LogP contribution is -2.44. The van der Waals surface area contributed by atoms with Crippen LogP contribution in [0.2, 0.25) is 0 Å². The zero-order valence-electron chi connectivity index (χ0n) is 13.2. The van der Waals surface area contributed by atoms with Crippen molar-refractivity contribution in [1.29, 1.82) is 0 Å². The summed E-state index contributed by atoms with van der Waals surface area (Å²) >= 11 is 0. The third-order valence-corrected chi connectivity index (χ3v) is 5.12. The lowest BCUT2D eigenvalue weighted by atomic mass is 9.70. The molecule has 0 aromatic rings. The van der Waals surface area contributed by atoms with Crippen LogP contribution in [-0.2, 0) is 0 Å². The highest BCUT2D eigenvalue weighted by Gasteiger charge is 2.39. The highest BCUT2D eigenvalue weighted by molar-refractivity contribution is 4.92. The Morgan fingerprint density at radius 3 is 2.53 bits per heavy atom. The van der Waals surface area contributed by atoms with Crippen molar-refractivity contribution in [3.63, 3.8) is 0 Å². The summed E-state index contributed by atoms with van der Waals surface area (Å²) in [6, 6.07) is 0.833. The number of hydrogen-bond acceptors (Lipinski definition) is 2. The second-order valence-corrected chi connectivity index (χ2v) is 7.74. The molecule has 1 N–H and O–H groups in total. The maximum Gasteiger partial charge on any atom is 0.0499 e. The third kappa shape index (κ3) is 4.46. The lowest BCUT2D eigenvalue weighted by Gasteiger charge is -2.42. The highest BCUT2D eigenvalue weighted by atomic mass is 16.3. The minimum atomic E-state index is 0.206. The summed E-state index contributed by atoms with van der Waals surface area (Å²) in [5.74, 6) is 1.59. The van der Waals surface area contributed by atoms with Gasteiger partial charge in [-0.2, -0.15) is 0 Å². The monoisotopic (exact) mass is 267 g/mol. The van der Waals surface area contributed by atoms with Gasteiger partial charge in [-0.05, 0) is 50.5 Å². The van der Waals surface area contributed by atoms with Gasteiger partial charge in [0.05, 0.1) is 0 Å². The molecule has 2 rings (SSSR count). The lowest BCUT2D eigenvalue weighted by molar-refractivity contribution is 0.0201. The first-order chi connectivity index (χ1) is 9.04. The molecule has 0 radical (unpaired) electrons. The van der Waals surface area contributed by atoms with Gasteiger partial charge in [-0.1, -0.05) is 33.6 Å². The fourth-order valence-corrected chi connectivity index (χ4v) is 3.79. The Balaban J connectivity index is 1.93. The maximum absolute atomic E-state index is 9.96. The number of rotatable bonds is 7. The van der Waals surface area contributed by atoms with E-state index in [9.17, 15) is 5.11 Å². The molecule has 0 aromatic heterocycles. The Hall–Kier alpha value is -0.0800. The van der Waals surface area contributed by atoms with Crippen molar-refractivity contribution in [3.05, 3.63) is 0 Å². The molecule has 2 aliphatic rings. The molecular formula is C17H33NO. The van der Waals surface area contributed by atoms with Gasteiger partial charge < -0.3 is 5.11 Å². The molecule has 0 aliphatic heterocycles. The summed E-state index contributed by atoms with van der Waals surface area (Å²) in [7, 11) is 0. The van der Waals surface area contributed by atoms with Crippen LogP contribution in [0.15, 0.2) is 0 Å². The van der Waals surface area contributed by atoms with Crippen LogP contribution in [-0.4, -0.2) is 35.7 Å². The number of aliphatic hydroxyl groups is 1. The van der Waals surface area contributed by atoms with Crippen LogP contribution >= 0.6 is 0 Å². The molecule has 2 aliphatic carbocycles. The molecule has 2 fully saturated rings. The number of nitrogens with zero attached hydrogens (tertiary/aromatic N) is 1. The summed E-state index contributed by atoms with van der Waals surface area (Å²) in [5, 5.41) is 9.96. The van der Waals surface area contributed by atoms with E-state index in [1.807, 2.05) is 0 Å². The smallest absolute Gasteiger partial charge is 0.0499 e. The Morgan fingerprint density at radius 1 is 1.26 bits per heavy atom. The van der Waals surface area contributed by atoms with Crippen molar-refractivity contribution in [2.75, 3.05) is 19.7 Å². The number of aliphatic hydroxyl groups excluding tert-OH is 1. The van der Waals surface area contributed by atoms with Gasteiger partial charge in [0.25, 0.3) is 0 Å². The van der Waals surface area contributed by atoms with Crippen molar-refractivity contribution in [2.24, 2.45) is 17.3 Å². The third-order valence-electron chi connectivity index (χ3n) is 5.12. The molecule has 2 atom stereocenters. The van der Waals surface area contributed by atoms with Gasteiger partial charge in [0.1, 0.15) is 0 Å². The van der Waals surface area contributed by atoms with Crippen LogP contribution in [0.5, 0.6) is 0 Å². The molecule has 0 bridgehead atoms. The van der Waals surface area contributed by atoms with Crippen LogP contribution in [0.4, 0.5) is 0 Å². The van der Waals surface area contributed by atoms with Gasteiger partial charge in [0.15, 0.2) is 0 Å². The molecule has 19 heavy (non-hydrogen) atoms. The van der Waals surface area contributed by atoms with Gasteiger partial charge in [0.2, 0.25) is 0 Å². The van der Waals surface area contributed by atoms with E-state index >= 15 is 0 Å². The van der Waals surface area contributed by atoms with Crippen molar-refractivity contribution < 1.29 is 5.11 Å². The first kappa shape index (κ1) is 15.3. The Morgan fingerprint density at radius 2 is 2.00 bits per heavy atom. The number of hydrogen-bond donors (Lipinski definition) is 1. The van der Waals surface area contributed by atoms with Crippen LogP contribution in [0, 0.1) is 17.3 Å². The summed E-state index contributed by atoms with van der Waals surface area (Å²) < 4.78 is 0. The SMILES string of the molecule is CC(C)CCN(CC1(CO)CCCC(C)C1)C1CC1. The van der Waals surface area contributed by atoms with Gasteiger partial charge in [0, 0.05) is 24.6 Å². The highest BCUT2D eigenvalue weighted by Crippen LogP contribution is 2.41. The molecule has 0 heterocycles. The van der Waals surface area contributed by atoms with E-state index in [0.717, 1.165) is 24.4 Å². The zero-order valence-corrected chi connectivity index (χ0v) is 13.2. The average Bonchev–Trinajstić information content (AvgIpc) is 3.18. The van der Waals surface area contributed by atoms with E-state index in [0.29, 0.717) is 6.61 Å². The molecule has 2 heteroatoms. The van der Waals surface area contributed by atoms with Gasteiger partial charge >= 0.3 is 0 Å². The summed E-state index contributed by atoms with van der Waals surface area (Å²) in [4.78, 5) is 2.70. The Kier molecular flexibility index (Phi) is 5.30. The van der Waals surface area contributed by atoms with Crippen molar-refractivity contribution >= 4 is 0 Å². The zero-order chi connectivity index (χ0) is 13.9. The first-order valence-corrected chi connectivity index (χ1v) is 8.39. The van der Waals surface area contributed by atoms with Crippen LogP contribution in [0.25, 0.3) is 0 Å². The second-order valence-electron chi connectivity index (χ2n) is 7.74. The molecule has 2 unspecified atom stereocenters. The second kappa shape index (κ2) is 6.58. The fraction of sp³-hybridized carbons (Fsp3) is 1.00. The molecule has 0 saturated heterocycles. The predicted octanol–water partition coefficient (Wildman–Crippen LogP) is 3.69. The molecular weight excluding hydrogens is 234 g/mol. The van der Waals surface area contributed by atoms with E-state index in [1.54, 1.807) is 0 Å². The minimum absolute atomic E-state index is 0.206. The molecule has 0 spiro atoms. The molecule has 2 saturated carbocycles. The summed E-state index contributed by atoms with van der Waals surface area (Å²) in [5.41, 5.74) is 0.206. The van der Waals surface area contributed by atoms with E-state index in [4.69, 9.17) is 0 Å². The standard InChI is InChI=1S/C17H33NO/c1-14(2)8-10-18(16-6-7-16)12-17(13-19)9-4-5-15(3)11-17/h14-16,19H,4-13H2,1-3H3. The maximum atomic E-state index is 9.96. The van der Waals surface area contributed by atoms with Crippen molar-refractivity contribution in [2.45, 2.75) is 71.8 Å². The van der Waals surface area contributed by atoms with E-state index < -0.39 is 0 Å². The van der Waals surface area contributed by atoms with Crippen LogP contribution < -0.4 is 0 Å². The van der Waals surface area contributed by atoms with Crippen molar-refractivity contribution in [1.82, 2.24) is 4.90 Å². The van der Waals surface area contributed by atoms with Crippen LogP contribution in [0.1, 0.15) is 65.7 Å². The van der Waals surface area contributed by atoms with Gasteiger partial charge in [-0.15, -0.1) is 0 Å². The van der Waals surface area contributed by atoms with E-state index in [2.05, 4.69) is 25.7 Å². The Bertz CT molecular complexity index is 274. The van der Waals surface area contributed by atoms with E-state index in [-0.39, 0.29) is 5.41 Å². The molecule has 112 valence electrons. The predicted molar refractivity (Wildman–Crippen MR) is 81.2 cm³/mol. The van der Waals surface area contributed by atoms with E-state index in [1.165, 1.54) is 51.5 Å². The van der Waals surface area contributed by atoms with Gasteiger partial charge in [-0.25, -0.2) is 0 Å². The summed E-state index contributed by atoms with van der Waals surface area (Å²) in [6.07, 6.45) is 9.20. The van der Waals surface area contributed by atoms with Gasteiger partial charge in [-0.3, -0.25) is 4.90 Å².